The standard InChI is InChI=1S/C12H18N6/c1-7-3-2-4-8(5-7)15-10-9-6-14-18-11(9)17-12(13)16-10/h6-8H,2-5H2,1H3,(H4,13,14,15,16,17,18). The molecular formula is C12H18N6. The van der Waals surface area contributed by atoms with Crippen molar-refractivity contribution in [1.82, 2.24) is 20.2 Å². The zero-order valence-corrected chi connectivity index (χ0v) is 10.5. The fraction of sp³-hybridized carbons (Fsp3) is 0.583. The molecule has 1 fully saturated rings. The van der Waals surface area contributed by atoms with E-state index in [1.165, 1.54) is 25.7 Å². The van der Waals surface area contributed by atoms with Crippen LogP contribution >= 0.6 is 0 Å². The molecule has 0 amide bonds. The number of aromatic nitrogens is 4. The largest absolute Gasteiger partial charge is 0.368 e. The number of anilines is 2. The van der Waals surface area contributed by atoms with Gasteiger partial charge in [0.2, 0.25) is 5.95 Å². The maximum absolute atomic E-state index is 5.71. The molecule has 3 rings (SSSR count). The number of hydrogen-bond acceptors (Lipinski definition) is 5. The normalized spacial score (nSPS) is 24.3. The van der Waals surface area contributed by atoms with Gasteiger partial charge in [-0.05, 0) is 18.8 Å². The monoisotopic (exact) mass is 246 g/mol. The summed E-state index contributed by atoms with van der Waals surface area (Å²) < 4.78 is 0. The number of hydrogen-bond donors (Lipinski definition) is 3. The van der Waals surface area contributed by atoms with Gasteiger partial charge in [0.15, 0.2) is 5.65 Å². The number of H-pyrrole nitrogens is 1. The third kappa shape index (κ3) is 2.10. The molecule has 1 aliphatic rings. The summed E-state index contributed by atoms with van der Waals surface area (Å²) in [4.78, 5) is 8.40. The number of nitrogens with zero attached hydrogens (tertiary/aromatic N) is 3. The molecule has 1 saturated carbocycles. The molecule has 0 spiro atoms. The van der Waals surface area contributed by atoms with E-state index in [0.717, 1.165) is 17.1 Å². The first kappa shape index (κ1) is 11.3. The van der Waals surface area contributed by atoms with Crippen LogP contribution in [-0.4, -0.2) is 26.2 Å². The number of fused-ring (bicyclic) bond motifs is 1. The molecule has 2 atom stereocenters. The minimum Gasteiger partial charge on any atom is -0.368 e. The van der Waals surface area contributed by atoms with E-state index in [4.69, 9.17) is 5.73 Å². The third-order valence-electron chi connectivity index (χ3n) is 3.60. The van der Waals surface area contributed by atoms with E-state index in [-0.39, 0.29) is 5.95 Å². The van der Waals surface area contributed by atoms with Crippen LogP contribution in [-0.2, 0) is 0 Å². The van der Waals surface area contributed by atoms with Crippen molar-refractivity contribution in [2.24, 2.45) is 5.92 Å². The number of nitrogens with one attached hydrogen (secondary N) is 2. The van der Waals surface area contributed by atoms with Crippen molar-refractivity contribution in [2.75, 3.05) is 11.1 Å². The minimum atomic E-state index is 0.276. The van der Waals surface area contributed by atoms with Crippen LogP contribution in [0, 0.1) is 5.92 Å². The van der Waals surface area contributed by atoms with Gasteiger partial charge in [0.05, 0.1) is 11.6 Å². The van der Waals surface area contributed by atoms with Crippen molar-refractivity contribution in [3.63, 3.8) is 0 Å². The lowest BCUT2D eigenvalue weighted by molar-refractivity contribution is 0.358. The van der Waals surface area contributed by atoms with Crippen LogP contribution in [0.3, 0.4) is 0 Å². The molecule has 18 heavy (non-hydrogen) atoms. The highest BCUT2D eigenvalue weighted by atomic mass is 15.2. The van der Waals surface area contributed by atoms with Crippen LogP contribution in [0.4, 0.5) is 11.8 Å². The van der Waals surface area contributed by atoms with Crippen LogP contribution in [0.1, 0.15) is 32.6 Å². The summed E-state index contributed by atoms with van der Waals surface area (Å²) in [5.41, 5.74) is 6.40. The van der Waals surface area contributed by atoms with E-state index >= 15 is 0 Å². The van der Waals surface area contributed by atoms with Gasteiger partial charge in [0, 0.05) is 6.04 Å². The number of aromatic amines is 1. The second-order valence-corrected chi connectivity index (χ2v) is 5.18. The summed E-state index contributed by atoms with van der Waals surface area (Å²) in [6.45, 7) is 2.30. The Balaban J connectivity index is 1.87. The van der Waals surface area contributed by atoms with Crippen LogP contribution in [0.15, 0.2) is 6.20 Å². The molecule has 2 heterocycles. The first-order valence-corrected chi connectivity index (χ1v) is 6.45. The SMILES string of the molecule is CC1CCCC(Nc2nc(N)nc3[nH]ncc23)C1. The highest BCUT2D eigenvalue weighted by Gasteiger charge is 2.20. The summed E-state index contributed by atoms with van der Waals surface area (Å²) in [5.74, 6) is 1.85. The van der Waals surface area contributed by atoms with Crippen molar-refractivity contribution < 1.29 is 0 Å². The van der Waals surface area contributed by atoms with Gasteiger partial charge >= 0.3 is 0 Å². The molecule has 96 valence electrons. The summed E-state index contributed by atoms with van der Waals surface area (Å²) in [7, 11) is 0. The molecule has 0 saturated heterocycles. The van der Waals surface area contributed by atoms with Crippen LogP contribution in [0.5, 0.6) is 0 Å². The van der Waals surface area contributed by atoms with Gasteiger partial charge in [-0.1, -0.05) is 19.8 Å². The molecular weight excluding hydrogens is 228 g/mol. The molecule has 2 aromatic heterocycles. The molecule has 6 heteroatoms. The first-order chi connectivity index (χ1) is 8.72. The predicted molar refractivity (Wildman–Crippen MR) is 71.1 cm³/mol. The van der Waals surface area contributed by atoms with Gasteiger partial charge in [-0.2, -0.15) is 15.1 Å². The van der Waals surface area contributed by atoms with E-state index in [0.29, 0.717) is 11.7 Å². The Kier molecular flexibility index (Phi) is 2.77. The van der Waals surface area contributed by atoms with Crippen LogP contribution in [0.25, 0.3) is 11.0 Å². The molecule has 0 aromatic carbocycles. The second-order valence-electron chi connectivity index (χ2n) is 5.18. The molecule has 4 N–H and O–H groups in total. The second kappa shape index (κ2) is 4.44. The Morgan fingerprint density at radius 2 is 2.28 bits per heavy atom. The lowest BCUT2D eigenvalue weighted by atomic mass is 9.87. The summed E-state index contributed by atoms with van der Waals surface area (Å²) in [5, 5.41) is 11.2. The van der Waals surface area contributed by atoms with Gasteiger partial charge in [-0.25, -0.2) is 0 Å². The average molecular weight is 246 g/mol. The smallest absolute Gasteiger partial charge is 0.224 e. The Bertz CT molecular complexity index is 548. The molecule has 0 bridgehead atoms. The molecule has 2 unspecified atom stereocenters. The third-order valence-corrected chi connectivity index (χ3v) is 3.60. The van der Waals surface area contributed by atoms with Gasteiger partial charge < -0.3 is 11.1 Å². The zero-order chi connectivity index (χ0) is 12.5. The quantitative estimate of drug-likeness (QED) is 0.753. The predicted octanol–water partition coefficient (Wildman–Crippen LogP) is 1.93. The lowest BCUT2D eigenvalue weighted by Crippen LogP contribution is -2.26. The number of nitrogen functional groups attached to an aromatic ring is 1. The Labute approximate surface area is 105 Å². The van der Waals surface area contributed by atoms with Gasteiger partial charge in [0.25, 0.3) is 0 Å². The minimum absolute atomic E-state index is 0.276. The summed E-state index contributed by atoms with van der Waals surface area (Å²) in [6.07, 6.45) is 6.71. The number of rotatable bonds is 2. The zero-order valence-electron chi connectivity index (χ0n) is 10.5. The molecule has 1 aliphatic carbocycles. The maximum Gasteiger partial charge on any atom is 0.224 e. The molecule has 0 radical (unpaired) electrons. The van der Waals surface area contributed by atoms with Crippen LogP contribution < -0.4 is 11.1 Å². The summed E-state index contributed by atoms with van der Waals surface area (Å²) >= 11 is 0. The fourth-order valence-electron chi connectivity index (χ4n) is 2.72. The van der Waals surface area contributed by atoms with Crippen molar-refractivity contribution in [3.8, 4) is 0 Å². The van der Waals surface area contributed by atoms with Gasteiger partial charge in [-0.15, -0.1) is 0 Å². The topological polar surface area (TPSA) is 92.5 Å². The van der Waals surface area contributed by atoms with Crippen molar-refractivity contribution >= 4 is 22.8 Å². The van der Waals surface area contributed by atoms with Gasteiger partial charge in [0.1, 0.15) is 5.82 Å². The Morgan fingerprint density at radius 3 is 3.11 bits per heavy atom. The lowest BCUT2D eigenvalue weighted by Gasteiger charge is -2.28. The van der Waals surface area contributed by atoms with E-state index in [2.05, 4.69) is 32.4 Å². The van der Waals surface area contributed by atoms with Crippen molar-refractivity contribution in [3.05, 3.63) is 6.20 Å². The fourth-order valence-corrected chi connectivity index (χ4v) is 2.72. The van der Waals surface area contributed by atoms with Gasteiger partial charge in [-0.3, -0.25) is 5.10 Å². The van der Waals surface area contributed by atoms with E-state index in [1.54, 1.807) is 6.20 Å². The molecule has 0 aliphatic heterocycles. The summed E-state index contributed by atoms with van der Waals surface area (Å²) in [6, 6.07) is 0.473. The number of nitrogens with two attached hydrogens (primary N) is 1. The van der Waals surface area contributed by atoms with E-state index < -0.39 is 0 Å². The van der Waals surface area contributed by atoms with Crippen molar-refractivity contribution in [2.45, 2.75) is 38.6 Å². The maximum atomic E-state index is 5.71. The van der Waals surface area contributed by atoms with Crippen molar-refractivity contribution in [1.29, 1.82) is 0 Å². The Morgan fingerprint density at radius 1 is 1.39 bits per heavy atom. The van der Waals surface area contributed by atoms with Crippen LogP contribution in [0.2, 0.25) is 0 Å². The Hall–Kier alpha value is -1.85. The van der Waals surface area contributed by atoms with E-state index in [9.17, 15) is 0 Å². The highest BCUT2D eigenvalue weighted by molar-refractivity contribution is 5.86. The van der Waals surface area contributed by atoms with E-state index in [1.807, 2.05) is 0 Å². The highest BCUT2D eigenvalue weighted by Crippen LogP contribution is 2.27. The average Bonchev–Trinajstić information content (AvgIpc) is 2.77. The molecule has 2 aromatic rings. The first-order valence-electron chi connectivity index (χ1n) is 6.45. The molecule has 6 nitrogen and oxygen atoms in total.